The molecule has 0 saturated heterocycles. The Hall–Kier alpha value is -1.81. The molecule has 3 N–H and O–H groups in total. The van der Waals surface area contributed by atoms with Crippen molar-refractivity contribution in [1.29, 1.82) is 0 Å². The van der Waals surface area contributed by atoms with Gasteiger partial charge >= 0.3 is 0 Å². The van der Waals surface area contributed by atoms with Crippen LogP contribution in [0.5, 0.6) is 5.75 Å². The van der Waals surface area contributed by atoms with Crippen LogP contribution in [-0.4, -0.2) is 24.7 Å². The minimum absolute atomic E-state index is 0.273. The number of aromatic nitrogens is 1. The predicted octanol–water partition coefficient (Wildman–Crippen LogP) is 2.64. The molecule has 0 saturated carbocycles. The van der Waals surface area contributed by atoms with E-state index >= 15 is 0 Å². The number of hydrogen-bond acceptors (Lipinski definition) is 4. The van der Waals surface area contributed by atoms with E-state index in [-0.39, 0.29) is 6.04 Å². The second-order valence-corrected chi connectivity index (χ2v) is 4.89. The number of methoxy groups -OCH3 is 1. The van der Waals surface area contributed by atoms with Crippen molar-refractivity contribution in [2.75, 3.05) is 19.0 Å². The molecule has 1 aromatic carbocycles. The first-order valence-corrected chi connectivity index (χ1v) is 6.55. The zero-order valence-corrected chi connectivity index (χ0v) is 11.7. The molecule has 4 heteroatoms. The minimum atomic E-state index is 0.273. The number of benzene rings is 1. The molecule has 0 aliphatic carbocycles. The van der Waals surface area contributed by atoms with Gasteiger partial charge in [-0.1, -0.05) is 13.0 Å². The van der Waals surface area contributed by atoms with Gasteiger partial charge in [-0.25, -0.2) is 4.98 Å². The van der Waals surface area contributed by atoms with Gasteiger partial charge in [-0.05, 0) is 43.0 Å². The SMILES string of the molecule is COc1ccc2ccnc(NC(C)C(C)CN)c2c1. The summed E-state index contributed by atoms with van der Waals surface area (Å²) in [5.41, 5.74) is 5.70. The minimum Gasteiger partial charge on any atom is -0.497 e. The van der Waals surface area contributed by atoms with Gasteiger partial charge in [0, 0.05) is 17.6 Å². The van der Waals surface area contributed by atoms with Gasteiger partial charge < -0.3 is 15.8 Å². The van der Waals surface area contributed by atoms with Crippen LogP contribution in [-0.2, 0) is 0 Å². The highest BCUT2D eigenvalue weighted by molar-refractivity contribution is 5.92. The fourth-order valence-corrected chi connectivity index (χ4v) is 1.95. The number of anilines is 1. The average Bonchev–Trinajstić information content (AvgIpc) is 2.46. The van der Waals surface area contributed by atoms with Crippen LogP contribution in [0.25, 0.3) is 10.8 Å². The van der Waals surface area contributed by atoms with E-state index < -0.39 is 0 Å². The number of nitrogens with one attached hydrogen (secondary N) is 1. The lowest BCUT2D eigenvalue weighted by atomic mass is 10.0. The van der Waals surface area contributed by atoms with Crippen LogP contribution in [0.2, 0.25) is 0 Å². The van der Waals surface area contributed by atoms with Crippen molar-refractivity contribution in [1.82, 2.24) is 4.98 Å². The normalized spacial score (nSPS) is 14.1. The van der Waals surface area contributed by atoms with Crippen molar-refractivity contribution in [3.63, 3.8) is 0 Å². The summed E-state index contributed by atoms with van der Waals surface area (Å²) in [4.78, 5) is 4.43. The van der Waals surface area contributed by atoms with E-state index in [2.05, 4.69) is 24.1 Å². The van der Waals surface area contributed by atoms with Gasteiger partial charge in [-0.2, -0.15) is 0 Å². The van der Waals surface area contributed by atoms with Gasteiger partial charge in [0.15, 0.2) is 0 Å². The maximum Gasteiger partial charge on any atom is 0.134 e. The van der Waals surface area contributed by atoms with Crippen LogP contribution in [0.4, 0.5) is 5.82 Å². The summed E-state index contributed by atoms with van der Waals surface area (Å²) >= 11 is 0. The Kier molecular flexibility index (Phi) is 4.22. The second-order valence-electron chi connectivity index (χ2n) is 4.89. The van der Waals surface area contributed by atoms with Gasteiger partial charge in [-0.15, -0.1) is 0 Å². The molecule has 0 bridgehead atoms. The Morgan fingerprint density at radius 1 is 1.32 bits per heavy atom. The van der Waals surface area contributed by atoms with Gasteiger partial charge in [0.2, 0.25) is 0 Å². The van der Waals surface area contributed by atoms with Crippen LogP contribution < -0.4 is 15.8 Å². The highest BCUT2D eigenvalue weighted by Gasteiger charge is 2.12. The van der Waals surface area contributed by atoms with Crippen molar-refractivity contribution in [2.24, 2.45) is 11.7 Å². The molecule has 19 heavy (non-hydrogen) atoms. The maximum atomic E-state index is 5.70. The molecular formula is C15H21N3O. The highest BCUT2D eigenvalue weighted by Crippen LogP contribution is 2.26. The van der Waals surface area contributed by atoms with E-state index in [0.717, 1.165) is 22.3 Å². The highest BCUT2D eigenvalue weighted by atomic mass is 16.5. The maximum absolute atomic E-state index is 5.70. The number of rotatable bonds is 5. The largest absolute Gasteiger partial charge is 0.497 e. The number of nitrogens with two attached hydrogens (primary N) is 1. The van der Waals surface area contributed by atoms with Crippen LogP contribution in [0.15, 0.2) is 30.5 Å². The van der Waals surface area contributed by atoms with Crippen molar-refractivity contribution in [2.45, 2.75) is 19.9 Å². The van der Waals surface area contributed by atoms with Crippen LogP contribution >= 0.6 is 0 Å². The third-order valence-electron chi connectivity index (χ3n) is 3.56. The first-order valence-electron chi connectivity index (χ1n) is 6.55. The molecule has 0 aliphatic heterocycles. The van der Waals surface area contributed by atoms with Gasteiger partial charge in [-0.3, -0.25) is 0 Å². The summed E-state index contributed by atoms with van der Waals surface area (Å²) in [7, 11) is 1.67. The van der Waals surface area contributed by atoms with E-state index in [1.165, 1.54) is 0 Å². The summed E-state index contributed by atoms with van der Waals surface area (Å²) < 4.78 is 5.28. The molecule has 0 aliphatic rings. The molecule has 2 rings (SSSR count). The molecule has 0 amide bonds. The predicted molar refractivity (Wildman–Crippen MR) is 79.6 cm³/mol. The van der Waals surface area contributed by atoms with Crippen LogP contribution in [0, 0.1) is 5.92 Å². The summed E-state index contributed by atoms with van der Waals surface area (Å²) in [5, 5.41) is 5.65. The number of fused-ring (bicyclic) bond motifs is 1. The topological polar surface area (TPSA) is 60.2 Å². The van der Waals surface area contributed by atoms with E-state index in [1.54, 1.807) is 7.11 Å². The first-order chi connectivity index (χ1) is 9.15. The number of ether oxygens (including phenoxy) is 1. The number of hydrogen-bond donors (Lipinski definition) is 2. The summed E-state index contributed by atoms with van der Waals surface area (Å²) in [6.45, 7) is 4.91. The lowest BCUT2D eigenvalue weighted by Gasteiger charge is -2.21. The van der Waals surface area contributed by atoms with E-state index in [1.807, 2.05) is 30.5 Å². The zero-order valence-electron chi connectivity index (χ0n) is 11.7. The van der Waals surface area contributed by atoms with Crippen molar-refractivity contribution >= 4 is 16.6 Å². The molecular weight excluding hydrogens is 238 g/mol. The molecule has 4 nitrogen and oxygen atoms in total. The molecule has 2 unspecified atom stereocenters. The molecule has 0 spiro atoms. The molecule has 2 aromatic rings. The fraction of sp³-hybridized carbons (Fsp3) is 0.400. The smallest absolute Gasteiger partial charge is 0.134 e. The van der Waals surface area contributed by atoms with E-state index in [9.17, 15) is 0 Å². The van der Waals surface area contributed by atoms with Crippen molar-refractivity contribution in [3.05, 3.63) is 30.5 Å². The van der Waals surface area contributed by atoms with Gasteiger partial charge in [0.05, 0.1) is 7.11 Å². The Morgan fingerprint density at radius 2 is 2.11 bits per heavy atom. The molecule has 1 heterocycles. The van der Waals surface area contributed by atoms with Crippen molar-refractivity contribution in [3.8, 4) is 5.75 Å². The van der Waals surface area contributed by atoms with E-state index in [4.69, 9.17) is 10.5 Å². The quantitative estimate of drug-likeness (QED) is 0.866. The second kappa shape index (κ2) is 5.89. The molecule has 1 aromatic heterocycles. The Labute approximate surface area is 114 Å². The van der Waals surface area contributed by atoms with Crippen molar-refractivity contribution < 1.29 is 4.74 Å². The zero-order chi connectivity index (χ0) is 13.8. The molecule has 2 atom stereocenters. The third-order valence-corrected chi connectivity index (χ3v) is 3.56. The monoisotopic (exact) mass is 259 g/mol. The van der Waals surface area contributed by atoms with Crippen LogP contribution in [0.3, 0.4) is 0 Å². The standard InChI is InChI=1S/C15H21N3O/c1-10(9-16)11(2)18-15-14-8-13(19-3)5-4-12(14)6-7-17-15/h4-8,10-11H,9,16H2,1-3H3,(H,17,18). The number of nitrogens with zero attached hydrogens (tertiary/aromatic N) is 1. The molecule has 0 fully saturated rings. The fourth-order valence-electron chi connectivity index (χ4n) is 1.95. The van der Waals surface area contributed by atoms with Gasteiger partial charge in [0.25, 0.3) is 0 Å². The lowest BCUT2D eigenvalue weighted by molar-refractivity contribution is 0.415. The summed E-state index contributed by atoms with van der Waals surface area (Å²) in [6.07, 6.45) is 1.82. The summed E-state index contributed by atoms with van der Waals surface area (Å²) in [5.74, 6) is 2.11. The Balaban J connectivity index is 2.36. The third kappa shape index (κ3) is 2.96. The number of pyridine rings is 1. The van der Waals surface area contributed by atoms with E-state index in [0.29, 0.717) is 12.5 Å². The Bertz CT molecular complexity index is 556. The van der Waals surface area contributed by atoms with Crippen LogP contribution in [0.1, 0.15) is 13.8 Å². The Morgan fingerprint density at radius 3 is 2.79 bits per heavy atom. The van der Waals surface area contributed by atoms with Gasteiger partial charge in [0.1, 0.15) is 11.6 Å². The first kappa shape index (κ1) is 13.6. The summed E-state index contributed by atoms with van der Waals surface area (Å²) in [6, 6.07) is 8.27. The lowest BCUT2D eigenvalue weighted by Crippen LogP contribution is -2.29. The average molecular weight is 259 g/mol. The molecule has 102 valence electrons. The molecule has 0 radical (unpaired) electrons.